The maximum atomic E-state index is 9.01. The van der Waals surface area contributed by atoms with Gasteiger partial charge in [0.1, 0.15) is 0 Å². The van der Waals surface area contributed by atoms with E-state index in [0.29, 0.717) is 6.42 Å². The zero-order valence-corrected chi connectivity index (χ0v) is 6.09. The molecule has 1 unspecified atom stereocenters. The Morgan fingerprint density at radius 1 is 1.78 bits per heavy atom. The van der Waals surface area contributed by atoms with Crippen molar-refractivity contribution in [2.45, 2.75) is 32.8 Å². The summed E-state index contributed by atoms with van der Waals surface area (Å²) in [4.78, 5) is 0. The molecule has 3 N–H and O–H groups in total. The Morgan fingerprint density at radius 2 is 2.33 bits per heavy atom. The highest BCUT2D eigenvalue weighted by Gasteiger charge is 1.95. The molecule has 0 rings (SSSR count). The van der Waals surface area contributed by atoms with E-state index in [2.05, 4.69) is 0 Å². The summed E-state index contributed by atoms with van der Waals surface area (Å²) in [6.07, 6.45) is 3.10. The van der Waals surface area contributed by atoms with Crippen molar-refractivity contribution in [1.82, 2.24) is 0 Å². The fourth-order valence-electron chi connectivity index (χ4n) is 0.489. The predicted molar refractivity (Wildman–Crippen MR) is 38.9 cm³/mol. The Balaban J connectivity index is 3.37. The molecular weight excluding hydrogens is 114 g/mol. The van der Waals surface area contributed by atoms with Crippen LogP contribution in [0, 0.1) is 0 Å². The molecule has 54 valence electrons. The van der Waals surface area contributed by atoms with Crippen molar-refractivity contribution < 1.29 is 5.11 Å². The molecule has 0 aromatic carbocycles. The number of rotatable bonds is 3. The van der Waals surface area contributed by atoms with Gasteiger partial charge in [0.25, 0.3) is 0 Å². The average molecular weight is 129 g/mol. The summed E-state index contributed by atoms with van der Waals surface area (Å²) in [5.41, 5.74) is 6.13. The topological polar surface area (TPSA) is 46.2 Å². The third-order valence-corrected chi connectivity index (χ3v) is 1.18. The van der Waals surface area contributed by atoms with E-state index < -0.39 is 0 Å². The van der Waals surface area contributed by atoms with E-state index in [4.69, 9.17) is 10.8 Å². The van der Waals surface area contributed by atoms with Crippen LogP contribution in [0.5, 0.6) is 0 Å². The van der Waals surface area contributed by atoms with E-state index in [0.717, 1.165) is 12.1 Å². The van der Waals surface area contributed by atoms with Gasteiger partial charge in [0.2, 0.25) is 0 Å². The number of hydrogen-bond donors (Lipinski definition) is 2. The lowest BCUT2D eigenvalue weighted by molar-refractivity contribution is 0.173. The fourth-order valence-corrected chi connectivity index (χ4v) is 0.489. The lowest BCUT2D eigenvalue weighted by Gasteiger charge is -2.01. The molecule has 1 atom stereocenters. The number of aliphatic hydroxyl groups is 1. The van der Waals surface area contributed by atoms with Crippen molar-refractivity contribution in [2.75, 3.05) is 0 Å². The largest absolute Gasteiger partial charge is 0.403 e. The van der Waals surface area contributed by atoms with Crippen molar-refractivity contribution in [3.8, 4) is 0 Å². The van der Waals surface area contributed by atoms with Crippen LogP contribution in [0.25, 0.3) is 0 Å². The first-order valence-electron chi connectivity index (χ1n) is 3.27. The summed E-state index contributed by atoms with van der Waals surface area (Å²) in [5, 5.41) is 9.01. The number of nitrogens with two attached hydrogens (primary N) is 1. The van der Waals surface area contributed by atoms with Crippen molar-refractivity contribution >= 4 is 0 Å². The highest BCUT2D eigenvalue weighted by molar-refractivity contribution is 4.92. The molecule has 0 fully saturated rings. The van der Waals surface area contributed by atoms with Gasteiger partial charge >= 0.3 is 0 Å². The maximum absolute atomic E-state index is 9.01. The average Bonchev–Trinajstić information content (AvgIpc) is 1.83. The van der Waals surface area contributed by atoms with Gasteiger partial charge in [-0.3, -0.25) is 0 Å². The monoisotopic (exact) mass is 129 g/mol. The molecular formula is C7H15NO. The summed E-state index contributed by atoms with van der Waals surface area (Å²) in [5.74, 6) is 0. The van der Waals surface area contributed by atoms with Crippen LogP contribution in [0.4, 0.5) is 0 Å². The lowest BCUT2D eigenvalue weighted by Crippen LogP contribution is -2.03. The van der Waals surface area contributed by atoms with E-state index in [9.17, 15) is 0 Å². The minimum Gasteiger partial charge on any atom is -0.403 e. The highest BCUT2D eigenvalue weighted by atomic mass is 16.3. The second-order valence-corrected chi connectivity index (χ2v) is 2.25. The van der Waals surface area contributed by atoms with Gasteiger partial charge in [0.15, 0.2) is 0 Å². The van der Waals surface area contributed by atoms with Gasteiger partial charge in [-0.25, -0.2) is 0 Å². The third-order valence-electron chi connectivity index (χ3n) is 1.18. The normalized spacial score (nSPS) is 15.7. The quantitative estimate of drug-likeness (QED) is 0.597. The fraction of sp³-hybridized carbons (Fsp3) is 0.714. The van der Waals surface area contributed by atoms with Gasteiger partial charge in [0, 0.05) is 5.70 Å². The molecule has 0 aliphatic carbocycles. The van der Waals surface area contributed by atoms with E-state index in [1.165, 1.54) is 0 Å². The van der Waals surface area contributed by atoms with Gasteiger partial charge in [0.05, 0.1) is 6.10 Å². The second kappa shape index (κ2) is 4.39. The van der Waals surface area contributed by atoms with Crippen molar-refractivity contribution in [1.29, 1.82) is 0 Å². The zero-order chi connectivity index (χ0) is 7.28. The first-order chi connectivity index (χ1) is 4.16. The van der Waals surface area contributed by atoms with Gasteiger partial charge in [-0.2, -0.15) is 0 Å². The van der Waals surface area contributed by atoms with E-state index in [1.807, 2.05) is 19.9 Å². The minimum absolute atomic E-state index is 0.219. The molecule has 0 amide bonds. The van der Waals surface area contributed by atoms with Crippen LogP contribution in [-0.2, 0) is 0 Å². The summed E-state index contributed by atoms with van der Waals surface area (Å²) in [6.45, 7) is 3.77. The van der Waals surface area contributed by atoms with Crippen LogP contribution in [0.3, 0.4) is 0 Å². The van der Waals surface area contributed by atoms with Crippen molar-refractivity contribution in [3.63, 3.8) is 0 Å². The van der Waals surface area contributed by atoms with E-state index in [1.54, 1.807) is 0 Å². The zero-order valence-electron chi connectivity index (χ0n) is 6.09. The Hall–Kier alpha value is -0.500. The van der Waals surface area contributed by atoms with Crippen LogP contribution in [-0.4, -0.2) is 11.2 Å². The molecule has 0 radical (unpaired) electrons. The molecule has 2 nitrogen and oxygen atoms in total. The molecule has 9 heavy (non-hydrogen) atoms. The summed E-state index contributed by atoms with van der Waals surface area (Å²) < 4.78 is 0. The van der Waals surface area contributed by atoms with Crippen LogP contribution in [0.15, 0.2) is 11.8 Å². The Kier molecular flexibility index (Phi) is 4.14. The standard InChI is InChI=1S/C7H15NO/c1-3-7(9)5-4-6(2)8/h4,7,9H,3,5,8H2,1-2H3/b6-4+. The maximum Gasteiger partial charge on any atom is 0.0572 e. The van der Waals surface area contributed by atoms with Crippen molar-refractivity contribution in [3.05, 3.63) is 11.8 Å². The smallest absolute Gasteiger partial charge is 0.0572 e. The van der Waals surface area contributed by atoms with Gasteiger partial charge in [-0.15, -0.1) is 0 Å². The van der Waals surface area contributed by atoms with Gasteiger partial charge in [-0.1, -0.05) is 13.0 Å². The summed E-state index contributed by atoms with van der Waals surface area (Å²) in [7, 11) is 0. The third kappa shape index (κ3) is 5.37. The predicted octanol–water partition coefficient (Wildman–Crippen LogP) is 1.01. The Bertz CT molecular complexity index is 95.1. The van der Waals surface area contributed by atoms with Gasteiger partial charge in [-0.05, 0) is 19.8 Å². The van der Waals surface area contributed by atoms with Crippen LogP contribution >= 0.6 is 0 Å². The first-order valence-corrected chi connectivity index (χ1v) is 3.27. The molecule has 2 heteroatoms. The first kappa shape index (κ1) is 8.50. The summed E-state index contributed by atoms with van der Waals surface area (Å²) in [6, 6.07) is 0. The molecule has 0 aromatic rings. The SMILES string of the molecule is CCC(O)C/C=C(\C)N. The minimum atomic E-state index is -0.219. The van der Waals surface area contributed by atoms with Crippen LogP contribution in [0.1, 0.15) is 26.7 Å². The molecule has 0 aromatic heterocycles. The number of hydrogen-bond acceptors (Lipinski definition) is 2. The molecule has 0 heterocycles. The Labute approximate surface area is 56.4 Å². The molecule has 0 aliphatic rings. The van der Waals surface area contributed by atoms with Crippen molar-refractivity contribution in [2.24, 2.45) is 5.73 Å². The molecule has 0 aliphatic heterocycles. The molecule has 0 spiro atoms. The van der Waals surface area contributed by atoms with E-state index >= 15 is 0 Å². The molecule has 0 saturated carbocycles. The van der Waals surface area contributed by atoms with Crippen LogP contribution < -0.4 is 5.73 Å². The number of allylic oxidation sites excluding steroid dienone is 1. The van der Waals surface area contributed by atoms with Gasteiger partial charge < -0.3 is 10.8 Å². The van der Waals surface area contributed by atoms with E-state index in [-0.39, 0.29) is 6.10 Å². The summed E-state index contributed by atoms with van der Waals surface area (Å²) >= 11 is 0. The second-order valence-electron chi connectivity index (χ2n) is 2.25. The van der Waals surface area contributed by atoms with Crippen LogP contribution in [0.2, 0.25) is 0 Å². The Morgan fingerprint density at radius 3 is 2.67 bits per heavy atom. The molecule has 0 bridgehead atoms. The molecule has 0 saturated heterocycles. The highest BCUT2D eigenvalue weighted by Crippen LogP contribution is 1.98. The lowest BCUT2D eigenvalue weighted by atomic mass is 10.2. The number of aliphatic hydroxyl groups excluding tert-OH is 1.